The second kappa shape index (κ2) is 8.97. The molecule has 1 atom stereocenters. The van der Waals surface area contributed by atoms with Crippen LogP contribution in [-0.4, -0.2) is 38.8 Å². The molecular weight excluding hydrogens is 408 g/mol. The van der Waals surface area contributed by atoms with Crippen molar-refractivity contribution in [3.63, 3.8) is 0 Å². The monoisotopic (exact) mass is 430 g/mol. The smallest absolute Gasteiger partial charge is 0.348 e. The lowest BCUT2D eigenvalue weighted by molar-refractivity contribution is -0.384. The number of nitrogens with zero attached hydrogens (tertiary/aromatic N) is 3. The summed E-state index contributed by atoms with van der Waals surface area (Å²) >= 11 is 1.25. The van der Waals surface area contributed by atoms with Gasteiger partial charge < -0.3 is 10.1 Å². The highest BCUT2D eigenvalue weighted by molar-refractivity contribution is 8.00. The normalized spacial score (nSPS) is 17.7. The first-order valence-electron chi connectivity index (χ1n) is 9.92. The van der Waals surface area contributed by atoms with Gasteiger partial charge in [-0.25, -0.2) is 4.79 Å². The van der Waals surface area contributed by atoms with Gasteiger partial charge in [-0.2, -0.15) is 4.98 Å². The van der Waals surface area contributed by atoms with E-state index in [0.29, 0.717) is 17.3 Å². The Labute approximate surface area is 177 Å². The predicted octanol–water partition coefficient (Wildman–Crippen LogP) is 2.55. The molecule has 10 heteroatoms. The number of rotatable bonds is 7. The summed E-state index contributed by atoms with van der Waals surface area (Å²) < 4.78 is 7.42. The lowest BCUT2D eigenvalue weighted by atomic mass is 10.2. The van der Waals surface area contributed by atoms with Gasteiger partial charge in [-0.05, 0) is 44.2 Å². The molecule has 1 aromatic carbocycles. The van der Waals surface area contributed by atoms with E-state index >= 15 is 0 Å². The van der Waals surface area contributed by atoms with E-state index in [1.54, 1.807) is 4.57 Å². The van der Waals surface area contributed by atoms with E-state index in [9.17, 15) is 19.7 Å². The van der Waals surface area contributed by atoms with Gasteiger partial charge in [0.1, 0.15) is 5.03 Å². The van der Waals surface area contributed by atoms with Crippen LogP contribution < -0.4 is 11.0 Å². The molecule has 30 heavy (non-hydrogen) atoms. The summed E-state index contributed by atoms with van der Waals surface area (Å²) in [6.07, 6.45) is 4.70. The summed E-state index contributed by atoms with van der Waals surface area (Å²) in [5, 5.41) is 14.0. The molecule has 1 aliphatic heterocycles. The van der Waals surface area contributed by atoms with Gasteiger partial charge in [0.05, 0.1) is 23.3 Å². The average Bonchev–Trinajstić information content (AvgIpc) is 3.41. The molecule has 2 aliphatic rings. The first-order chi connectivity index (χ1) is 14.5. The van der Waals surface area contributed by atoms with E-state index in [4.69, 9.17) is 4.74 Å². The number of anilines is 1. The van der Waals surface area contributed by atoms with Crippen molar-refractivity contribution in [2.24, 2.45) is 0 Å². The topological polar surface area (TPSA) is 116 Å². The number of nitro groups is 1. The molecule has 1 saturated heterocycles. The second-order valence-corrected chi connectivity index (χ2v) is 8.33. The summed E-state index contributed by atoms with van der Waals surface area (Å²) in [7, 11) is 0. The highest BCUT2D eigenvalue weighted by Gasteiger charge is 2.25. The second-order valence-electron chi connectivity index (χ2n) is 7.36. The number of nitro benzene ring substituents is 1. The number of aromatic nitrogens is 2. The van der Waals surface area contributed by atoms with Gasteiger partial charge in [0.15, 0.2) is 0 Å². The van der Waals surface area contributed by atoms with Crippen LogP contribution >= 0.6 is 11.8 Å². The van der Waals surface area contributed by atoms with Gasteiger partial charge in [-0.1, -0.05) is 11.8 Å². The van der Waals surface area contributed by atoms with Crippen molar-refractivity contribution in [3.05, 3.63) is 56.1 Å². The number of benzene rings is 1. The maximum absolute atomic E-state index is 12.6. The largest absolute Gasteiger partial charge is 0.376 e. The summed E-state index contributed by atoms with van der Waals surface area (Å²) in [4.78, 5) is 39.4. The van der Waals surface area contributed by atoms with Crippen molar-refractivity contribution in [1.29, 1.82) is 0 Å². The first kappa shape index (κ1) is 20.5. The van der Waals surface area contributed by atoms with E-state index in [-0.39, 0.29) is 29.1 Å². The Hall–Kier alpha value is -2.72. The molecule has 1 aliphatic carbocycles. The number of amides is 1. The summed E-state index contributed by atoms with van der Waals surface area (Å²) in [5.41, 5.74) is 2.23. The van der Waals surface area contributed by atoms with Crippen molar-refractivity contribution in [2.45, 2.75) is 49.8 Å². The SMILES string of the molecule is O=C(CSc1nc(=O)n(CC2CCCO2)c2c1CCC2)Nc1ccc([N+](=O)[O-])cc1. The van der Waals surface area contributed by atoms with Crippen LogP contribution in [0.2, 0.25) is 0 Å². The minimum absolute atomic E-state index is 0.0364. The van der Waals surface area contributed by atoms with Crippen LogP contribution in [0.25, 0.3) is 0 Å². The molecule has 1 N–H and O–H groups in total. The predicted molar refractivity (Wildman–Crippen MR) is 112 cm³/mol. The highest BCUT2D eigenvalue weighted by atomic mass is 32.2. The first-order valence-corrected chi connectivity index (χ1v) is 10.9. The number of carbonyl (C=O) groups is 1. The van der Waals surface area contributed by atoms with Crippen LogP contribution in [-0.2, 0) is 28.9 Å². The van der Waals surface area contributed by atoms with Crippen LogP contribution in [0.3, 0.4) is 0 Å². The Balaban J connectivity index is 1.42. The van der Waals surface area contributed by atoms with E-state index in [1.165, 1.54) is 36.0 Å². The molecule has 4 rings (SSSR count). The molecule has 1 fully saturated rings. The van der Waals surface area contributed by atoms with Gasteiger partial charge in [-0.3, -0.25) is 19.5 Å². The number of nitrogens with one attached hydrogen (secondary N) is 1. The van der Waals surface area contributed by atoms with Crippen molar-refractivity contribution >= 4 is 29.0 Å². The lowest BCUT2D eigenvalue weighted by Gasteiger charge is -2.17. The molecule has 0 radical (unpaired) electrons. The number of thioether (sulfide) groups is 1. The third-order valence-electron chi connectivity index (χ3n) is 5.31. The number of hydrogen-bond donors (Lipinski definition) is 1. The standard InChI is InChI=1S/C20H22N4O5S/c25-18(21-13-6-8-14(9-7-13)24(27)28)12-30-19-16-4-1-5-17(16)23(20(26)22-19)11-15-3-2-10-29-15/h6-9,15H,1-5,10-12H2,(H,21,25). The molecule has 2 heterocycles. The maximum atomic E-state index is 12.6. The minimum Gasteiger partial charge on any atom is -0.376 e. The summed E-state index contributed by atoms with van der Waals surface area (Å²) in [5.74, 6) is -0.156. The van der Waals surface area contributed by atoms with Crippen LogP contribution in [0.5, 0.6) is 0 Å². The van der Waals surface area contributed by atoms with Gasteiger partial charge in [-0.15, -0.1) is 0 Å². The zero-order valence-electron chi connectivity index (χ0n) is 16.3. The van der Waals surface area contributed by atoms with Crippen LogP contribution in [0, 0.1) is 10.1 Å². The van der Waals surface area contributed by atoms with Gasteiger partial charge in [0.2, 0.25) is 5.91 Å². The average molecular weight is 430 g/mol. The minimum atomic E-state index is -0.491. The number of carbonyl (C=O) groups excluding carboxylic acids is 1. The number of fused-ring (bicyclic) bond motifs is 1. The fourth-order valence-corrected chi connectivity index (χ4v) is 4.76. The molecule has 158 valence electrons. The van der Waals surface area contributed by atoms with E-state index in [1.807, 2.05) is 0 Å². The fraction of sp³-hybridized carbons (Fsp3) is 0.450. The molecule has 1 unspecified atom stereocenters. The van der Waals surface area contributed by atoms with Crippen molar-refractivity contribution in [1.82, 2.24) is 9.55 Å². The molecule has 1 aromatic heterocycles. The van der Waals surface area contributed by atoms with Gasteiger partial charge >= 0.3 is 5.69 Å². The molecule has 9 nitrogen and oxygen atoms in total. The number of hydrogen-bond acceptors (Lipinski definition) is 7. The van der Waals surface area contributed by atoms with Crippen molar-refractivity contribution in [2.75, 3.05) is 17.7 Å². The third-order valence-corrected chi connectivity index (χ3v) is 6.33. The van der Waals surface area contributed by atoms with Crippen LogP contribution in [0.4, 0.5) is 11.4 Å². The van der Waals surface area contributed by atoms with E-state index in [0.717, 1.165) is 50.0 Å². The highest BCUT2D eigenvalue weighted by Crippen LogP contribution is 2.30. The molecule has 0 saturated carbocycles. The Morgan fingerprint density at radius 2 is 2.10 bits per heavy atom. The number of ether oxygens (including phenoxy) is 1. The summed E-state index contributed by atoms with van der Waals surface area (Å²) in [6, 6.07) is 5.65. The quantitative estimate of drug-likeness (QED) is 0.310. The van der Waals surface area contributed by atoms with E-state index < -0.39 is 4.92 Å². The van der Waals surface area contributed by atoms with Crippen LogP contribution in [0.1, 0.15) is 30.5 Å². The lowest BCUT2D eigenvalue weighted by Crippen LogP contribution is -2.31. The Morgan fingerprint density at radius 1 is 1.30 bits per heavy atom. The fourth-order valence-electron chi connectivity index (χ4n) is 3.88. The van der Waals surface area contributed by atoms with Gasteiger partial charge in [0.25, 0.3) is 5.69 Å². The molecular formula is C20H22N4O5S. The Bertz CT molecular complexity index is 1020. The van der Waals surface area contributed by atoms with Gasteiger partial charge in [0, 0.05) is 35.7 Å². The Kier molecular flexibility index (Phi) is 6.14. The molecule has 0 bridgehead atoms. The zero-order valence-corrected chi connectivity index (χ0v) is 17.2. The summed E-state index contributed by atoms with van der Waals surface area (Å²) in [6.45, 7) is 1.28. The molecule has 0 spiro atoms. The Morgan fingerprint density at radius 3 is 2.80 bits per heavy atom. The maximum Gasteiger partial charge on any atom is 0.348 e. The van der Waals surface area contributed by atoms with Crippen molar-refractivity contribution in [3.8, 4) is 0 Å². The zero-order chi connectivity index (χ0) is 21.1. The van der Waals surface area contributed by atoms with E-state index in [2.05, 4.69) is 10.3 Å². The molecule has 1 amide bonds. The van der Waals surface area contributed by atoms with Crippen LogP contribution in [0.15, 0.2) is 34.1 Å². The third kappa shape index (κ3) is 4.54. The van der Waals surface area contributed by atoms with Crippen molar-refractivity contribution < 1.29 is 14.5 Å². The number of non-ortho nitro benzene ring substituents is 1. The molecule has 2 aromatic rings.